The smallest absolute Gasteiger partial charge is 0.414 e. The summed E-state index contributed by atoms with van der Waals surface area (Å²) in [5.41, 5.74) is 1.00. The molecule has 0 bridgehead atoms. The Morgan fingerprint density at radius 3 is 2.85 bits per heavy atom. The second-order valence-electron chi connectivity index (χ2n) is 6.12. The van der Waals surface area contributed by atoms with Crippen LogP contribution in [-0.2, 0) is 9.47 Å². The zero-order chi connectivity index (χ0) is 17.9. The molecule has 0 saturated carbocycles. The molecular weight excluding hydrogens is 343 g/mol. The van der Waals surface area contributed by atoms with Gasteiger partial charge in [0.15, 0.2) is 5.82 Å². The van der Waals surface area contributed by atoms with Crippen LogP contribution in [0.4, 0.5) is 26.4 Å². The van der Waals surface area contributed by atoms with Crippen molar-refractivity contribution < 1.29 is 23.2 Å². The number of ether oxygens (including phenoxy) is 2. The Labute approximate surface area is 149 Å². The van der Waals surface area contributed by atoms with Gasteiger partial charge in [0.25, 0.3) is 0 Å². The van der Waals surface area contributed by atoms with Gasteiger partial charge in [0.2, 0.25) is 0 Å². The highest BCUT2D eigenvalue weighted by Gasteiger charge is 2.33. The average molecular weight is 362 g/mol. The van der Waals surface area contributed by atoms with E-state index in [0.717, 1.165) is 0 Å². The Hall–Kier alpha value is -2.81. The SMILES string of the molecule is O=C1O[C@@H](CNc2ccon2)CN1c1ccc(N2CCOCC2)c(F)c1. The normalized spacial score (nSPS) is 20.3. The molecule has 8 nitrogen and oxygen atoms in total. The largest absolute Gasteiger partial charge is 0.442 e. The van der Waals surface area contributed by atoms with Crippen molar-refractivity contribution in [3.63, 3.8) is 0 Å². The molecule has 0 spiro atoms. The fraction of sp³-hybridized carbons (Fsp3) is 0.412. The van der Waals surface area contributed by atoms with E-state index in [1.54, 1.807) is 18.2 Å². The lowest BCUT2D eigenvalue weighted by molar-refractivity contribution is 0.122. The van der Waals surface area contributed by atoms with Crippen LogP contribution in [0.2, 0.25) is 0 Å². The molecule has 0 unspecified atom stereocenters. The molecule has 2 aliphatic heterocycles. The minimum atomic E-state index is -0.490. The number of cyclic esters (lactones) is 1. The van der Waals surface area contributed by atoms with Crippen LogP contribution in [0.3, 0.4) is 0 Å². The highest BCUT2D eigenvalue weighted by atomic mass is 19.1. The van der Waals surface area contributed by atoms with Crippen molar-refractivity contribution in [3.05, 3.63) is 36.3 Å². The molecule has 2 fully saturated rings. The van der Waals surface area contributed by atoms with Crippen LogP contribution < -0.4 is 15.1 Å². The van der Waals surface area contributed by atoms with Crippen molar-refractivity contribution in [3.8, 4) is 0 Å². The maximum absolute atomic E-state index is 14.6. The molecule has 1 aromatic carbocycles. The van der Waals surface area contributed by atoms with Gasteiger partial charge in [-0.25, -0.2) is 9.18 Å². The molecule has 0 aliphatic carbocycles. The van der Waals surface area contributed by atoms with Gasteiger partial charge >= 0.3 is 6.09 Å². The van der Waals surface area contributed by atoms with Gasteiger partial charge in [0, 0.05) is 19.2 Å². The molecular formula is C17H19FN4O4. The number of morpholine rings is 1. The molecule has 1 amide bonds. The first-order valence-electron chi connectivity index (χ1n) is 8.45. The molecule has 2 aliphatic rings. The van der Waals surface area contributed by atoms with Gasteiger partial charge in [-0.1, -0.05) is 5.16 Å². The summed E-state index contributed by atoms with van der Waals surface area (Å²) >= 11 is 0. The lowest BCUT2D eigenvalue weighted by Crippen LogP contribution is -2.36. The number of rotatable bonds is 5. The molecule has 2 saturated heterocycles. The summed E-state index contributed by atoms with van der Waals surface area (Å²) in [6.45, 7) is 3.19. The second kappa shape index (κ2) is 7.20. The van der Waals surface area contributed by atoms with Crippen LogP contribution >= 0.6 is 0 Å². The summed E-state index contributed by atoms with van der Waals surface area (Å²) in [5.74, 6) is 0.210. The molecule has 4 rings (SSSR count). The van der Waals surface area contributed by atoms with Crippen LogP contribution in [0.1, 0.15) is 0 Å². The van der Waals surface area contributed by atoms with Gasteiger partial charge in [-0.15, -0.1) is 0 Å². The molecule has 2 aromatic rings. The van der Waals surface area contributed by atoms with Crippen LogP contribution in [0.5, 0.6) is 0 Å². The quantitative estimate of drug-likeness (QED) is 0.872. The number of carbonyl (C=O) groups excluding carboxylic acids is 1. The van der Waals surface area contributed by atoms with E-state index in [1.165, 1.54) is 17.2 Å². The summed E-state index contributed by atoms with van der Waals surface area (Å²) in [5, 5.41) is 6.76. The maximum Gasteiger partial charge on any atom is 0.414 e. The first-order chi connectivity index (χ1) is 12.7. The standard InChI is InChI=1S/C17H19FN4O4/c18-14-9-12(1-2-15(14)21-4-7-24-8-5-21)22-11-13(26-17(22)23)10-19-16-3-6-25-20-16/h1-3,6,9,13H,4-5,7-8,10-11H2,(H,19,20)/t13-/m0/s1. The predicted octanol–water partition coefficient (Wildman–Crippen LogP) is 2.09. The molecule has 26 heavy (non-hydrogen) atoms. The minimum Gasteiger partial charge on any atom is -0.442 e. The van der Waals surface area contributed by atoms with Gasteiger partial charge in [-0.3, -0.25) is 4.90 Å². The zero-order valence-corrected chi connectivity index (χ0v) is 14.1. The van der Waals surface area contributed by atoms with E-state index in [9.17, 15) is 9.18 Å². The van der Waals surface area contributed by atoms with Crippen molar-refractivity contribution in [1.29, 1.82) is 0 Å². The monoisotopic (exact) mass is 362 g/mol. The Bertz CT molecular complexity index is 764. The van der Waals surface area contributed by atoms with Gasteiger partial charge in [-0.2, -0.15) is 0 Å². The molecule has 138 valence electrons. The Morgan fingerprint density at radius 2 is 2.12 bits per heavy atom. The van der Waals surface area contributed by atoms with Gasteiger partial charge in [-0.05, 0) is 18.2 Å². The van der Waals surface area contributed by atoms with Crippen LogP contribution in [-0.4, -0.2) is 56.7 Å². The summed E-state index contributed by atoms with van der Waals surface area (Å²) in [6.07, 6.45) is 0.602. The number of anilines is 3. The molecule has 3 heterocycles. The van der Waals surface area contributed by atoms with Crippen LogP contribution in [0, 0.1) is 5.82 Å². The number of halogens is 1. The molecule has 9 heteroatoms. The van der Waals surface area contributed by atoms with Crippen molar-refractivity contribution >= 4 is 23.3 Å². The third kappa shape index (κ3) is 3.43. The van der Waals surface area contributed by atoms with Crippen molar-refractivity contribution in [1.82, 2.24) is 5.16 Å². The topological polar surface area (TPSA) is 80.1 Å². The second-order valence-corrected chi connectivity index (χ2v) is 6.12. The van der Waals surface area contributed by atoms with Gasteiger partial charge < -0.3 is 24.2 Å². The highest BCUT2D eigenvalue weighted by molar-refractivity contribution is 5.90. The number of carbonyl (C=O) groups is 1. The molecule has 0 radical (unpaired) electrons. The van der Waals surface area contributed by atoms with E-state index in [4.69, 9.17) is 14.0 Å². The molecule has 1 aromatic heterocycles. The summed E-state index contributed by atoms with van der Waals surface area (Å²) in [6, 6.07) is 6.49. The number of hydrogen-bond acceptors (Lipinski definition) is 7. The number of benzene rings is 1. The van der Waals surface area contributed by atoms with E-state index in [0.29, 0.717) is 56.6 Å². The fourth-order valence-corrected chi connectivity index (χ4v) is 3.09. The number of aromatic nitrogens is 1. The third-order valence-corrected chi connectivity index (χ3v) is 4.42. The molecule has 1 N–H and O–H groups in total. The zero-order valence-electron chi connectivity index (χ0n) is 14.1. The van der Waals surface area contributed by atoms with Crippen LogP contribution in [0.15, 0.2) is 35.1 Å². The van der Waals surface area contributed by atoms with Crippen LogP contribution in [0.25, 0.3) is 0 Å². The number of nitrogens with one attached hydrogen (secondary N) is 1. The van der Waals surface area contributed by atoms with Gasteiger partial charge in [0.05, 0.1) is 37.7 Å². The van der Waals surface area contributed by atoms with E-state index >= 15 is 0 Å². The lowest BCUT2D eigenvalue weighted by atomic mass is 10.2. The Kier molecular flexibility index (Phi) is 4.61. The molecule has 1 atom stereocenters. The lowest BCUT2D eigenvalue weighted by Gasteiger charge is -2.29. The third-order valence-electron chi connectivity index (χ3n) is 4.42. The van der Waals surface area contributed by atoms with E-state index in [2.05, 4.69) is 10.5 Å². The Morgan fingerprint density at radius 1 is 1.27 bits per heavy atom. The van der Waals surface area contributed by atoms with E-state index in [1.807, 2.05) is 4.90 Å². The Balaban J connectivity index is 1.41. The number of amides is 1. The number of nitrogens with zero attached hydrogens (tertiary/aromatic N) is 3. The van der Waals surface area contributed by atoms with Crippen molar-refractivity contribution in [2.75, 3.05) is 54.5 Å². The maximum atomic E-state index is 14.6. The van der Waals surface area contributed by atoms with E-state index in [-0.39, 0.29) is 11.9 Å². The number of hydrogen-bond donors (Lipinski definition) is 1. The van der Waals surface area contributed by atoms with Crippen molar-refractivity contribution in [2.24, 2.45) is 0 Å². The van der Waals surface area contributed by atoms with E-state index < -0.39 is 6.09 Å². The summed E-state index contributed by atoms with van der Waals surface area (Å²) in [4.78, 5) is 15.5. The first kappa shape index (κ1) is 16.6. The van der Waals surface area contributed by atoms with Crippen molar-refractivity contribution in [2.45, 2.75) is 6.10 Å². The fourth-order valence-electron chi connectivity index (χ4n) is 3.09. The highest BCUT2D eigenvalue weighted by Crippen LogP contribution is 2.28. The summed E-state index contributed by atoms with van der Waals surface area (Å²) < 4.78 is 29.9. The predicted molar refractivity (Wildman–Crippen MR) is 92.0 cm³/mol. The minimum absolute atomic E-state index is 0.333. The summed E-state index contributed by atoms with van der Waals surface area (Å²) in [7, 11) is 0. The van der Waals surface area contributed by atoms with Gasteiger partial charge in [0.1, 0.15) is 18.2 Å². The first-order valence-corrected chi connectivity index (χ1v) is 8.45. The average Bonchev–Trinajstić information content (AvgIpc) is 3.30.